The summed E-state index contributed by atoms with van der Waals surface area (Å²) < 4.78 is 16.7. The Bertz CT molecular complexity index is 1140. The molecule has 3 rings (SSSR count). The van der Waals surface area contributed by atoms with Crippen LogP contribution in [0.25, 0.3) is 0 Å². The SMILES string of the molecule is CCOC(=O)CC(C#N)c1ccc(OCc2ccc(OC/C(=N\OC)c3ccccc3)cc2)cc1. The van der Waals surface area contributed by atoms with Crippen LogP contribution in [0.4, 0.5) is 0 Å². The summed E-state index contributed by atoms with van der Waals surface area (Å²) in [7, 11) is 1.51. The van der Waals surface area contributed by atoms with Gasteiger partial charge in [-0.05, 0) is 42.3 Å². The van der Waals surface area contributed by atoms with E-state index in [-0.39, 0.29) is 19.0 Å². The predicted molar refractivity (Wildman–Crippen MR) is 132 cm³/mol. The normalized spacial score (nSPS) is 11.7. The fourth-order valence-corrected chi connectivity index (χ4v) is 3.32. The van der Waals surface area contributed by atoms with Crippen molar-refractivity contribution in [2.75, 3.05) is 20.3 Å². The van der Waals surface area contributed by atoms with Crippen LogP contribution < -0.4 is 9.47 Å². The van der Waals surface area contributed by atoms with Crippen molar-refractivity contribution < 1.29 is 23.8 Å². The third-order valence-corrected chi connectivity index (χ3v) is 5.13. The first-order chi connectivity index (χ1) is 17.1. The Morgan fingerprint density at radius 2 is 1.60 bits per heavy atom. The molecule has 0 aliphatic heterocycles. The molecule has 0 saturated carbocycles. The van der Waals surface area contributed by atoms with Crippen LogP contribution in [-0.2, 0) is 21.0 Å². The summed E-state index contributed by atoms with van der Waals surface area (Å²) in [6, 6.07) is 26.7. The molecule has 0 aromatic heterocycles. The molecular formula is C28H28N2O5. The highest BCUT2D eigenvalue weighted by Crippen LogP contribution is 2.23. The molecule has 0 bridgehead atoms. The average molecular weight is 473 g/mol. The van der Waals surface area contributed by atoms with E-state index in [1.165, 1.54) is 7.11 Å². The zero-order valence-electron chi connectivity index (χ0n) is 19.8. The van der Waals surface area contributed by atoms with Crippen LogP contribution in [0.15, 0.2) is 84.0 Å². The third kappa shape index (κ3) is 7.90. The lowest BCUT2D eigenvalue weighted by molar-refractivity contribution is -0.143. The predicted octanol–water partition coefficient (Wildman–Crippen LogP) is 5.26. The quantitative estimate of drug-likeness (QED) is 0.203. The number of ether oxygens (including phenoxy) is 3. The van der Waals surface area contributed by atoms with Crippen molar-refractivity contribution in [3.8, 4) is 17.6 Å². The maximum atomic E-state index is 11.7. The number of benzene rings is 3. The molecule has 3 aromatic carbocycles. The fraction of sp³-hybridized carbons (Fsp3) is 0.250. The van der Waals surface area contributed by atoms with Gasteiger partial charge in [0.05, 0.1) is 25.0 Å². The summed E-state index contributed by atoms with van der Waals surface area (Å²) in [4.78, 5) is 16.6. The summed E-state index contributed by atoms with van der Waals surface area (Å²) in [6.45, 7) is 2.70. The minimum absolute atomic E-state index is 0.0309. The van der Waals surface area contributed by atoms with Gasteiger partial charge >= 0.3 is 5.97 Å². The van der Waals surface area contributed by atoms with Gasteiger partial charge in [-0.25, -0.2) is 0 Å². The van der Waals surface area contributed by atoms with Gasteiger partial charge in [-0.1, -0.05) is 59.8 Å². The van der Waals surface area contributed by atoms with E-state index in [1.54, 1.807) is 31.2 Å². The molecule has 180 valence electrons. The standard InChI is InChI=1S/C28H28N2O5/c1-3-33-28(31)17-24(18-29)22-11-15-26(16-12-22)34-19-21-9-13-25(14-10-21)35-20-27(30-32-2)23-7-5-4-6-8-23/h4-16,24H,3,17,19-20H2,1-2H3/b30-27+. The van der Waals surface area contributed by atoms with Crippen molar-refractivity contribution >= 4 is 11.7 Å². The van der Waals surface area contributed by atoms with E-state index in [0.29, 0.717) is 30.4 Å². The van der Waals surface area contributed by atoms with Crippen LogP contribution in [-0.4, -0.2) is 32.0 Å². The Kier molecular flexibility index (Phi) is 9.70. The molecule has 1 unspecified atom stereocenters. The summed E-state index contributed by atoms with van der Waals surface area (Å²) >= 11 is 0. The molecule has 0 amide bonds. The van der Waals surface area contributed by atoms with E-state index in [0.717, 1.165) is 16.7 Å². The molecule has 3 aromatic rings. The molecule has 0 aliphatic carbocycles. The maximum Gasteiger partial charge on any atom is 0.307 e. The first-order valence-corrected chi connectivity index (χ1v) is 11.3. The number of nitrogens with zero attached hydrogens (tertiary/aromatic N) is 2. The second-order valence-corrected chi connectivity index (χ2v) is 7.57. The van der Waals surface area contributed by atoms with Gasteiger partial charge in [0.1, 0.15) is 37.5 Å². The van der Waals surface area contributed by atoms with Crippen LogP contribution >= 0.6 is 0 Å². The van der Waals surface area contributed by atoms with E-state index in [2.05, 4.69) is 11.2 Å². The van der Waals surface area contributed by atoms with Crippen LogP contribution in [0.1, 0.15) is 36.0 Å². The van der Waals surface area contributed by atoms with E-state index >= 15 is 0 Å². The number of hydrogen-bond acceptors (Lipinski definition) is 7. The first kappa shape index (κ1) is 25.3. The Hall–Kier alpha value is -4.31. The van der Waals surface area contributed by atoms with Gasteiger partial charge in [-0.3, -0.25) is 4.79 Å². The van der Waals surface area contributed by atoms with E-state index < -0.39 is 5.92 Å². The van der Waals surface area contributed by atoms with Gasteiger partial charge in [0, 0.05) is 5.56 Å². The Labute approximate surface area is 205 Å². The van der Waals surface area contributed by atoms with Crippen molar-refractivity contribution in [3.63, 3.8) is 0 Å². The summed E-state index contributed by atoms with van der Waals surface area (Å²) in [6.07, 6.45) is 0.0309. The zero-order valence-corrected chi connectivity index (χ0v) is 19.8. The molecule has 0 N–H and O–H groups in total. The lowest BCUT2D eigenvalue weighted by Gasteiger charge is -2.11. The van der Waals surface area contributed by atoms with Crippen LogP contribution in [0.3, 0.4) is 0 Å². The van der Waals surface area contributed by atoms with Gasteiger partial charge < -0.3 is 19.0 Å². The van der Waals surface area contributed by atoms with E-state index in [9.17, 15) is 10.1 Å². The summed E-state index contributed by atoms with van der Waals surface area (Å²) in [5, 5.41) is 13.4. The lowest BCUT2D eigenvalue weighted by Crippen LogP contribution is -2.13. The molecule has 0 spiro atoms. The van der Waals surface area contributed by atoms with Gasteiger partial charge in [-0.2, -0.15) is 5.26 Å². The number of rotatable bonds is 12. The Morgan fingerprint density at radius 1 is 0.943 bits per heavy atom. The Morgan fingerprint density at radius 3 is 2.23 bits per heavy atom. The van der Waals surface area contributed by atoms with Gasteiger partial charge in [0.25, 0.3) is 0 Å². The second kappa shape index (κ2) is 13.4. The fourth-order valence-electron chi connectivity index (χ4n) is 3.32. The largest absolute Gasteiger partial charge is 0.489 e. The molecule has 0 saturated heterocycles. The highest BCUT2D eigenvalue weighted by molar-refractivity contribution is 6.01. The van der Waals surface area contributed by atoms with Gasteiger partial charge in [0.15, 0.2) is 0 Å². The lowest BCUT2D eigenvalue weighted by atomic mass is 9.97. The number of hydrogen-bond donors (Lipinski definition) is 0. The first-order valence-electron chi connectivity index (χ1n) is 11.3. The minimum atomic E-state index is -0.549. The van der Waals surface area contributed by atoms with Crippen molar-refractivity contribution in [2.24, 2.45) is 5.16 Å². The Balaban J connectivity index is 1.51. The zero-order chi connectivity index (χ0) is 24.9. The van der Waals surface area contributed by atoms with Crippen molar-refractivity contribution in [2.45, 2.75) is 25.9 Å². The third-order valence-electron chi connectivity index (χ3n) is 5.13. The average Bonchev–Trinajstić information content (AvgIpc) is 2.90. The number of carbonyl (C=O) groups is 1. The minimum Gasteiger partial charge on any atom is -0.489 e. The molecule has 7 heteroatoms. The number of carbonyl (C=O) groups excluding carboxylic acids is 1. The molecule has 0 heterocycles. The molecule has 35 heavy (non-hydrogen) atoms. The molecule has 0 fully saturated rings. The molecule has 1 atom stereocenters. The number of nitriles is 1. The number of oxime groups is 1. The monoisotopic (exact) mass is 472 g/mol. The van der Waals surface area contributed by atoms with Crippen LogP contribution in [0.5, 0.6) is 11.5 Å². The molecule has 7 nitrogen and oxygen atoms in total. The van der Waals surface area contributed by atoms with Crippen LogP contribution in [0, 0.1) is 11.3 Å². The van der Waals surface area contributed by atoms with Gasteiger partial charge in [0.2, 0.25) is 0 Å². The maximum absolute atomic E-state index is 11.7. The van der Waals surface area contributed by atoms with Crippen LogP contribution in [0.2, 0.25) is 0 Å². The van der Waals surface area contributed by atoms with E-state index in [1.807, 2.05) is 54.6 Å². The van der Waals surface area contributed by atoms with Crippen molar-refractivity contribution in [1.29, 1.82) is 5.26 Å². The highest BCUT2D eigenvalue weighted by atomic mass is 16.6. The second-order valence-electron chi connectivity index (χ2n) is 7.57. The topological polar surface area (TPSA) is 90.1 Å². The van der Waals surface area contributed by atoms with E-state index in [4.69, 9.17) is 19.0 Å². The van der Waals surface area contributed by atoms with Crippen molar-refractivity contribution in [1.82, 2.24) is 0 Å². The number of esters is 1. The highest BCUT2D eigenvalue weighted by Gasteiger charge is 2.16. The molecule has 0 radical (unpaired) electrons. The summed E-state index contributed by atoms with van der Waals surface area (Å²) in [5.74, 6) is 0.452. The van der Waals surface area contributed by atoms with Gasteiger partial charge in [-0.15, -0.1) is 0 Å². The summed E-state index contributed by atoms with van der Waals surface area (Å²) in [5.41, 5.74) is 3.37. The molecular weight excluding hydrogens is 444 g/mol. The molecule has 0 aliphatic rings. The van der Waals surface area contributed by atoms with Crippen molar-refractivity contribution in [3.05, 3.63) is 95.6 Å². The smallest absolute Gasteiger partial charge is 0.307 e.